The summed E-state index contributed by atoms with van der Waals surface area (Å²) in [5.74, 6) is 1.45. The van der Waals surface area contributed by atoms with Crippen LogP contribution in [0.4, 0.5) is 5.69 Å². The Bertz CT molecular complexity index is 825. The highest BCUT2D eigenvalue weighted by atomic mass is 32.2. The molecule has 0 bridgehead atoms. The van der Waals surface area contributed by atoms with E-state index in [0.717, 1.165) is 5.56 Å². The second-order valence-corrected chi connectivity index (χ2v) is 5.61. The molecule has 2 heterocycles. The van der Waals surface area contributed by atoms with Gasteiger partial charge in [-0.05, 0) is 18.2 Å². The molecule has 0 saturated heterocycles. The maximum atomic E-state index is 10.7. The molecular formula is C15H12N4O4S. The van der Waals surface area contributed by atoms with E-state index >= 15 is 0 Å². The van der Waals surface area contributed by atoms with Gasteiger partial charge in [-0.15, -0.1) is 10.2 Å². The first-order chi connectivity index (χ1) is 11.7. The van der Waals surface area contributed by atoms with Crippen molar-refractivity contribution in [2.75, 3.05) is 12.4 Å². The van der Waals surface area contributed by atoms with Gasteiger partial charge in [-0.1, -0.05) is 17.8 Å². The van der Waals surface area contributed by atoms with Crippen LogP contribution in [0.15, 0.2) is 58.4 Å². The number of rotatable bonds is 7. The Hall–Kier alpha value is -2.94. The topological polar surface area (TPSA) is 104 Å². The van der Waals surface area contributed by atoms with Crippen LogP contribution in [0.2, 0.25) is 0 Å². The lowest BCUT2D eigenvalue weighted by molar-refractivity contribution is -0.384. The van der Waals surface area contributed by atoms with Gasteiger partial charge in [0.2, 0.25) is 5.89 Å². The van der Waals surface area contributed by atoms with Crippen molar-refractivity contribution in [3.05, 3.63) is 58.9 Å². The van der Waals surface area contributed by atoms with E-state index < -0.39 is 4.92 Å². The molecule has 0 radical (unpaired) electrons. The second-order valence-electron chi connectivity index (χ2n) is 4.56. The molecule has 0 atom stereocenters. The van der Waals surface area contributed by atoms with Crippen LogP contribution in [0.3, 0.4) is 0 Å². The average Bonchev–Trinajstić information content (AvgIpc) is 3.09. The number of nitro groups is 1. The Morgan fingerprint density at radius 1 is 1.21 bits per heavy atom. The highest BCUT2D eigenvalue weighted by Crippen LogP contribution is 2.23. The SMILES string of the molecule is O=[N+]([O-])c1cccc(OCCSc2nnc(-c3ccncc3)o2)c1. The molecule has 0 unspecified atom stereocenters. The van der Waals surface area contributed by atoms with Crippen molar-refractivity contribution in [1.82, 2.24) is 15.2 Å². The van der Waals surface area contributed by atoms with Crippen molar-refractivity contribution < 1.29 is 14.1 Å². The molecule has 0 spiro atoms. The summed E-state index contributed by atoms with van der Waals surface area (Å²) in [5.41, 5.74) is 0.802. The Morgan fingerprint density at radius 2 is 2.04 bits per heavy atom. The van der Waals surface area contributed by atoms with Gasteiger partial charge in [0.05, 0.1) is 17.6 Å². The van der Waals surface area contributed by atoms with Gasteiger partial charge >= 0.3 is 0 Å². The van der Waals surface area contributed by atoms with Crippen LogP contribution in [-0.2, 0) is 0 Å². The third-order valence-corrected chi connectivity index (χ3v) is 3.72. The Labute approximate surface area is 141 Å². The summed E-state index contributed by atoms with van der Waals surface area (Å²) >= 11 is 1.35. The summed E-state index contributed by atoms with van der Waals surface area (Å²) in [6.45, 7) is 0.360. The summed E-state index contributed by atoms with van der Waals surface area (Å²) in [6, 6.07) is 9.63. The van der Waals surface area contributed by atoms with E-state index in [1.54, 1.807) is 36.7 Å². The molecule has 9 heteroatoms. The van der Waals surface area contributed by atoms with Gasteiger partial charge in [-0.25, -0.2) is 0 Å². The van der Waals surface area contributed by atoms with E-state index in [0.29, 0.717) is 29.2 Å². The summed E-state index contributed by atoms with van der Waals surface area (Å²) in [4.78, 5) is 14.2. The number of nitro benzene ring substituents is 1. The van der Waals surface area contributed by atoms with Crippen molar-refractivity contribution in [2.45, 2.75) is 5.22 Å². The van der Waals surface area contributed by atoms with Crippen molar-refractivity contribution in [2.24, 2.45) is 0 Å². The van der Waals surface area contributed by atoms with Crippen LogP contribution in [0.5, 0.6) is 5.75 Å². The molecule has 1 aromatic carbocycles. The van der Waals surface area contributed by atoms with Crippen LogP contribution in [0.1, 0.15) is 0 Å². The first-order valence-corrected chi connectivity index (χ1v) is 7.95. The molecule has 3 rings (SSSR count). The lowest BCUT2D eigenvalue weighted by Gasteiger charge is -2.04. The van der Waals surface area contributed by atoms with Crippen LogP contribution in [0.25, 0.3) is 11.5 Å². The van der Waals surface area contributed by atoms with Crippen molar-refractivity contribution >= 4 is 17.4 Å². The number of hydrogen-bond acceptors (Lipinski definition) is 8. The monoisotopic (exact) mass is 344 g/mol. The zero-order chi connectivity index (χ0) is 16.8. The second kappa shape index (κ2) is 7.55. The normalized spacial score (nSPS) is 10.5. The molecule has 122 valence electrons. The molecule has 0 saturated carbocycles. The minimum absolute atomic E-state index is 0.000882. The van der Waals surface area contributed by atoms with Crippen LogP contribution in [0, 0.1) is 10.1 Å². The fourth-order valence-corrected chi connectivity index (χ4v) is 2.43. The van der Waals surface area contributed by atoms with E-state index in [4.69, 9.17) is 9.15 Å². The number of thioether (sulfide) groups is 1. The predicted octanol–water partition coefficient (Wildman–Crippen LogP) is 3.21. The van der Waals surface area contributed by atoms with E-state index in [1.807, 2.05) is 0 Å². The number of aromatic nitrogens is 3. The maximum Gasteiger partial charge on any atom is 0.276 e. The molecule has 8 nitrogen and oxygen atoms in total. The maximum absolute atomic E-state index is 10.7. The number of ether oxygens (including phenoxy) is 1. The summed E-state index contributed by atoms with van der Waals surface area (Å²) in [6.07, 6.45) is 3.30. The van der Waals surface area contributed by atoms with E-state index in [2.05, 4.69) is 15.2 Å². The quantitative estimate of drug-likeness (QED) is 0.278. The molecule has 2 aromatic heterocycles. The lowest BCUT2D eigenvalue weighted by atomic mass is 10.3. The third-order valence-electron chi connectivity index (χ3n) is 2.94. The zero-order valence-electron chi connectivity index (χ0n) is 12.4. The highest BCUT2D eigenvalue weighted by Gasteiger charge is 2.09. The summed E-state index contributed by atoms with van der Waals surface area (Å²) in [7, 11) is 0. The molecule has 0 N–H and O–H groups in total. The van der Waals surface area contributed by atoms with Crippen molar-refractivity contribution in [1.29, 1.82) is 0 Å². The molecule has 0 aliphatic heterocycles. The number of hydrogen-bond donors (Lipinski definition) is 0. The minimum Gasteiger partial charge on any atom is -0.492 e. The van der Waals surface area contributed by atoms with Gasteiger partial charge in [-0.2, -0.15) is 0 Å². The number of pyridine rings is 1. The molecule has 0 aliphatic carbocycles. The first-order valence-electron chi connectivity index (χ1n) is 6.96. The molecule has 24 heavy (non-hydrogen) atoms. The first kappa shape index (κ1) is 15.9. The van der Waals surface area contributed by atoms with Gasteiger partial charge in [0.25, 0.3) is 10.9 Å². The molecule has 0 fully saturated rings. The van der Waals surface area contributed by atoms with Gasteiger partial charge in [0.15, 0.2) is 0 Å². The smallest absolute Gasteiger partial charge is 0.276 e. The number of nitrogens with zero attached hydrogens (tertiary/aromatic N) is 4. The lowest BCUT2D eigenvalue weighted by Crippen LogP contribution is -2.00. The fourth-order valence-electron chi connectivity index (χ4n) is 1.85. The predicted molar refractivity (Wildman–Crippen MR) is 86.8 cm³/mol. The van der Waals surface area contributed by atoms with Gasteiger partial charge < -0.3 is 9.15 Å². The number of non-ortho nitro benzene ring substituents is 1. The third kappa shape index (κ3) is 4.07. The highest BCUT2D eigenvalue weighted by molar-refractivity contribution is 7.99. The van der Waals surface area contributed by atoms with Gasteiger partial charge in [0, 0.05) is 29.8 Å². The number of benzene rings is 1. The summed E-state index contributed by atoms with van der Waals surface area (Å²) < 4.78 is 11.0. The van der Waals surface area contributed by atoms with E-state index in [-0.39, 0.29) is 5.69 Å². The minimum atomic E-state index is -0.458. The molecular weight excluding hydrogens is 332 g/mol. The van der Waals surface area contributed by atoms with Gasteiger partial charge in [-0.3, -0.25) is 15.1 Å². The largest absolute Gasteiger partial charge is 0.492 e. The molecule has 0 amide bonds. The summed E-state index contributed by atoms with van der Waals surface area (Å²) in [5, 5.41) is 19.1. The zero-order valence-corrected chi connectivity index (χ0v) is 13.2. The van der Waals surface area contributed by atoms with E-state index in [1.165, 1.54) is 23.9 Å². The molecule has 3 aromatic rings. The van der Waals surface area contributed by atoms with E-state index in [9.17, 15) is 10.1 Å². The average molecular weight is 344 g/mol. The van der Waals surface area contributed by atoms with Crippen LogP contribution in [-0.4, -0.2) is 32.5 Å². The molecule has 0 aliphatic rings. The Balaban J connectivity index is 1.50. The Kier molecular flexibility index (Phi) is 5.02. The fraction of sp³-hybridized carbons (Fsp3) is 0.133. The van der Waals surface area contributed by atoms with Gasteiger partial charge in [0.1, 0.15) is 5.75 Å². The van der Waals surface area contributed by atoms with Crippen LogP contribution >= 0.6 is 11.8 Å². The Morgan fingerprint density at radius 3 is 2.83 bits per heavy atom. The van der Waals surface area contributed by atoms with Crippen LogP contribution < -0.4 is 4.74 Å². The van der Waals surface area contributed by atoms with Crippen molar-refractivity contribution in [3.8, 4) is 17.2 Å². The van der Waals surface area contributed by atoms with Crippen molar-refractivity contribution in [3.63, 3.8) is 0 Å². The standard InChI is InChI=1S/C15H12N4O4S/c20-19(21)12-2-1-3-13(10-12)22-8-9-24-15-18-17-14(23-15)11-4-6-16-7-5-11/h1-7,10H,8-9H2.